The van der Waals surface area contributed by atoms with Crippen LogP contribution in [0.4, 0.5) is 5.69 Å². The lowest BCUT2D eigenvalue weighted by atomic mass is 10.2. The molecule has 0 saturated carbocycles. The maximum absolute atomic E-state index is 6.14. The molecule has 0 aliphatic carbocycles. The van der Waals surface area contributed by atoms with Crippen molar-refractivity contribution in [1.29, 1.82) is 0 Å². The number of rotatable bonds is 2. The Morgan fingerprint density at radius 3 is 2.40 bits per heavy atom. The van der Waals surface area contributed by atoms with Crippen LogP contribution in [0.15, 0.2) is 36.5 Å². The van der Waals surface area contributed by atoms with Crippen molar-refractivity contribution in [2.75, 3.05) is 5.73 Å². The number of hydrogen-bond donors (Lipinski definition) is 1. The van der Waals surface area contributed by atoms with Crippen LogP contribution in [0.5, 0.6) is 0 Å². The van der Waals surface area contributed by atoms with E-state index in [4.69, 9.17) is 40.5 Å². The highest BCUT2D eigenvalue weighted by Crippen LogP contribution is 2.39. The molecule has 3 rings (SSSR count). The molecule has 0 spiro atoms. The van der Waals surface area contributed by atoms with E-state index in [-0.39, 0.29) is 0 Å². The van der Waals surface area contributed by atoms with Crippen LogP contribution in [0, 0.1) is 0 Å². The summed E-state index contributed by atoms with van der Waals surface area (Å²) in [5.74, 6) is 0. The minimum absolute atomic E-state index is 0.538. The number of nitrogens with two attached hydrogens (primary N) is 1. The van der Waals surface area contributed by atoms with Gasteiger partial charge >= 0.3 is 0 Å². The van der Waals surface area contributed by atoms with Crippen LogP contribution in [0.1, 0.15) is 0 Å². The standard InChI is InChI=1S/C13H8Cl3N3S/c14-7-1-3-8(4-2-7)19-6-10(17)12(18-19)9-5-11(15)20-13(9)16/h1-6H,17H2. The fraction of sp³-hybridized carbons (Fsp3) is 0. The zero-order chi connectivity index (χ0) is 14.3. The second-order valence-electron chi connectivity index (χ2n) is 4.09. The molecule has 0 amide bonds. The van der Waals surface area contributed by atoms with Crippen molar-refractivity contribution >= 4 is 51.8 Å². The fourth-order valence-corrected chi connectivity index (χ4v) is 3.42. The lowest BCUT2D eigenvalue weighted by Crippen LogP contribution is -1.94. The summed E-state index contributed by atoms with van der Waals surface area (Å²) in [4.78, 5) is 0. The van der Waals surface area contributed by atoms with Gasteiger partial charge in [0.2, 0.25) is 0 Å². The molecule has 0 unspecified atom stereocenters. The van der Waals surface area contributed by atoms with Gasteiger partial charge in [-0.15, -0.1) is 11.3 Å². The van der Waals surface area contributed by atoms with Gasteiger partial charge in [-0.05, 0) is 30.3 Å². The van der Waals surface area contributed by atoms with Crippen molar-refractivity contribution in [1.82, 2.24) is 9.78 Å². The Morgan fingerprint density at radius 1 is 1.10 bits per heavy atom. The van der Waals surface area contributed by atoms with Crippen molar-refractivity contribution < 1.29 is 0 Å². The summed E-state index contributed by atoms with van der Waals surface area (Å²) in [5, 5.41) is 5.13. The van der Waals surface area contributed by atoms with Crippen molar-refractivity contribution in [2.24, 2.45) is 0 Å². The maximum atomic E-state index is 6.14. The molecular formula is C13H8Cl3N3S. The SMILES string of the molecule is Nc1cn(-c2ccc(Cl)cc2)nc1-c1cc(Cl)sc1Cl. The van der Waals surface area contributed by atoms with E-state index >= 15 is 0 Å². The smallest absolute Gasteiger partial charge is 0.118 e. The van der Waals surface area contributed by atoms with Crippen LogP contribution in [0.3, 0.4) is 0 Å². The molecule has 7 heteroatoms. The molecule has 0 bridgehead atoms. The van der Waals surface area contributed by atoms with E-state index in [1.807, 2.05) is 12.1 Å². The first-order valence-electron chi connectivity index (χ1n) is 5.61. The molecule has 102 valence electrons. The van der Waals surface area contributed by atoms with E-state index in [1.54, 1.807) is 29.1 Å². The first kappa shape index (κ1) is 13.8. The molecule has 2 heterocycles. The highest BCUT2D eigenvalue weighted by atomic mass is 35.5. The molecule has 2 aromatic heterocycles. The van der Waals surface area contributed by atoms with Gasteiger partial charge < -0.3 is 5.73 Å². The monoisotopic (exact) mass is 343 g/mol. The summed E-state index contributed by atoms with van der Waals surface area (Å²) < 4.78 is 2.86. The highest BCUT2D eigenvalue weighted by Gasteiger charge is 2.15. The zero-order valence-corrected chi connectivity index (χ0v) is 13.1. The van der Waals surface area contributed by atoms with Crippen LogP contribution >= 0.6 is 46.1 Å². The summed E-state index contributed by atoms with van der Waals surface area (Å²) in [6.07, 6.45) is 1.74. The molecule has 2 N–H and O–H groups in total. The van der Waals surface area contributed by atoms with E-state index in [1.165, 1.54) is 11.3 Å². The summed E-state index contributed by atoms with van der Waals surface area (Å²) in [5.41, 5.74) is 8.78. The molecule has 20 heavy (non-hydrogen) atoms. The minimum atomic E-state index is 0.538. The summed E-state index contributed by atoms with van der Waals surface area (Å²) in [6, 6.07) is 9.08. The number of thiophene rings is 1. The Morgan fingerprint density at radius 2 is 1.80 bits per heavy atom. The third kappa shape index (κ3) is 2.52. The summed E-state index contributed by atoms with van der Waals surface area (Å²) in [7, 11) is 0. The molecule has 0 aliphatic heterocycles. The van der Waals surface area contributed by atoms with E-state index in [2.05, 4.69) is 5.10 Å². The number of nitrogens with zero attached hydrogens (tertiary/aromatic N) is 2. The van der Waals surface area contributed by atoms with Gasteiger partial charge in [0.15, 0.2) is 0 Å². The summed E-state index contributed by atoms with van der Waals surface area (Å²) in [6.45, 7) is 0. The molecule has 0 saturated heterocycles. The lowest BCUT2D eigenvalue weighted by Gasteiger charge is -2.00. The molecule has 0 aliphatic rings. The minimum Gasteiger partial charge on any atom is -0.396 e. The van der Waals surface area contributed by atoms with E-state index < -0.39 is 0 Å². The van der Waals surface area contributed by atoms with Crippen LogP contribution < -0.4 is 5.73 Å². The normalized spacial score (nSPS) is 10.9. The van der Waals surface area contributed by atoms with Crippen molar-refractivity contribution in [3.63, 3.8) is 0 Å². The average molecular weight is 345 g/mol. The number of nitrogen functional groups attached to an aromatic ring is 1. The lowest BCUT2D eigenvalue weighted by molar-refractivity contribution is 0.885. The molecule has 3 aromatic rings. The first-order valence-corrected chi connectivity index (χ1v) is 7.56. The van der Waals surface area contributed by atoms with E-state index in [0.717, 1.165) is 11.3 Å². The predicted molar refractivity (Wildman–Crippen MR) is 86.3 cm³/mol. The molecule has 0 atom stereocenters. The first-order chi connectivity index (χ1) is 9.54. The molecule has 3 nitrogen and oxygen atoms in total. The van der Waals surface area contributed by atoms with Gasteiger partial charge in [-0.25, -0.2) is 4.68 Å². The number of anilines is 1. The molecule has 0 fully saturated rings. The summed E-state index contributed by atoms with van der Waals surface area (Å²) >= 11 is 19.3. The Hall–Kier alpha value is -1.20. The van der Waals surface area contributed by atoms with Gasteiger partial charge in [-0.3, -0.25) is 0 Å². The van der Waals surface area contributed by atoms with E-state index in [0.29, 0.717) is 25.1 Å². The van der Waals surface area contributed by atoms with Gasteiger partial charge in [-0.2, -0.15) is 5.10 Å². The number of benzene rings is 1. The van der Waals surface area contributed by atoms with Gasteiger partial charge in [0.1, 0.15) is 10.0 Å². The van der Waals surface area contributed by atoms with Crippen LogP contribution in [0.25, 0.3) is 16.9 Å². The van der Waals surface area contributed by atoms with Crippen molar-refractivity contribution in [2.45, 2.75) is 0 Å². The third-order valence-corrected chi connectivity index (χ3v) is 4.49. The molecular weight excluding hydrogens is 337 g/mol. The second-order valence-corrected chi connectivity index (χ2v) is 6.81. The van der Waals surface area contributed by atoms with Gasteiger partial charge in [0.25, 0.3) is 0 Å². The quantitative estimate of drug-likeness (QED) is 0.699. The Kier molecular flexibility index (Phi) is 3.65. The Bertz CT molecular complexity index is 762. The molecule has 0 radical (unpaired) electrons. The number of aromatic nitrogens is 2. The highest BCUT2D eigenvalue weighted by molar-refractivity contribution is 7.20. The van der Waals surface area contributed by atoms with Crippen molar-refractivity contribution in [3.05, 3.63) is 50.2 Å². The maximum Gasteiger partial charge on any atom is 0.118 e. The van der Waals surface area contributed by atoms with Crippen LogP contribution in [-0.4, -0.2) is 9.78 Å². The number of halogens is 3. The number of hydrogen-bond acceptors (Lipinski definition) is 3. The van der Waals surface area contributed by atoms with Crippen LogP contribution in [0.2, 0.25) is 13.7 Å². The third-order valence-electron chi connectivity index (χ3n) is 2.75. The van der Waals surface area contributed by atoms with Gasteiger partial charge in [0, 0.05) is 10.6 Å². The van der Waals surface area contributed by atoms with Gasteiger partial charge in [-0.1, -0.05) is 34.8 Å². The second kappa shape index (κ2) is 5.30. The predicted octanol–water partition coefficient (Wildman–Crippen LogP) is 5.14. The Labute approximate surface area is 134 Å². The van der Waals surface area contributed by atoms with Crippen molar-refractivity contribution in [3.8, 4) is 16.9 Å². The topological polar surface area (TPSA) is 43.8 Å². The average Bonchev–Trinajstić information content (AvgIpc) is 2.93. The largest absolute Gasteiger partial charge is 0.396 e. The van der Waals surface area contributed by atoms with Gasteiger partial charge in [0.05, 0.1) is 21.9 Å². The zero-order valence-electron chi connectivity index (χ0n) is 9.98. The fourth-order valence-electron chi connectivity index (χ4n) is 1.82. The molecule has 1 aromatic carbocycles. The van der Waals surface area contributed by atoms with Crippen LogP contribution in [-0.2, 0) is 0 Å². The van der Waals surface area contributed by atoms with E-state index in [9.17, 15) is 0 Å². The Balaban J connectivity index is 2.07.